The molecule has 3 heteroatoms. The van der Waals surface area contributed by atoms with Crippen molar-refractivity contribution < 1.29 is 2.85 Å². The van der Waals surface area contributed by atoms with Crippen LogP contribution in [-0.2, 0) is 2.85 Å². The van der Waals surface area contributed by atoms with Crippen molar-refractivity contribution in [2.24, 2.45) is 4.99 Å². The molecule has 1 atom stereocenters. The fourth-order valence-corrected chi connectivity index (χ4v) is 3.50. The fraction of sp³-hybridized carbons (Fsp3) is 0.857. The van der Waals surface area contributed by atoms with E-state index in [0.717, 1.165) is 6.42 Å². The van der Waals surface area contributed by atoms with Gasteiger partial charge in [-0.2, -0.15) is 0 Å². The number of rotatable bonds is 4. The Hall–Kier alpha value is 0.500. The van der Waals surface area contributed by atoms with Gasteiger partial charge in [0.15, 0.2) is 0 Å². The van der Waals surface area contributed by atoms with E-state index in [9.17, 15) is 0 Å². The molecular formula is C7H16InNO. The van der Waals surface area contributed by atoms with Crippen LogP contribution in [0.25, 0.3) is 0 Å². The number of hydrogen-bond acceptors (Lipinski definition) is 2. The number of nitrogens with zero attached hydrogens (tertiary/aromatic N) is 1. The average molecular weight is 245 g/mol. The van der Waals surface area contributed by atoms with Crippen LogP contribution in [0.3, 0.4) is 0 Å². The Balaban J connectivity index is 3.60. The fourth-order valence-electron chi connectivity index (χ4n) is 0.753. The maximum absolute atomic E-state index is 5.70. The van der Waals surface area contributed by atoms with Crippen molar-refractivity contribution in [2.45, 2.75) is 28.8 Å². The summed E-state index contributed by atoms with van der Waals surface area (Å²) < 4.78 is 10.2. The van der Waals surface area contributed by atoms with Gasteiger partial charge < -0.3 is 0 Å². The quantitative estimate of drug-likeness (QED) is 0.691. The van der Waals surface area contributed by atoms with Crippen LogP contribution in [0.1, 0.15) is 13.3 Å². The van der Waals surface area contributed by atoms with Crippen molar-refractivity contribution in [1.82, 2.24) is 0 Å². The summed E-state index contributed by atoms with van der Waals surface area (Å²) in [6.07, 6.45) is 3.24. The summed E-state index contributed by atoms with van der Waals surface area (Å²) in [5, 5.41) is 0. The summed E-state index contributed by atoms with van der Waals surface area (Å²) in [5.74, 6) is 0. The molecule has 0 bridgehead atoms. The van der Waals surface area contributed by atoms with E-state index < -0.39 is 21.9 Å². The summed E-state index contributed by atoms with van der Waals surface area (Å²) in [6.45, 7) is 2.13. The third-order valence-corrected chi connectivity index (χ3v) is 3.72. The summed E-state index contributed by atoms with van der Waals surface area (Å²) in [7, 11) is 1.79. The summed E-state index contributed by atoms with van der Waals surface area (Å²) >= 11 is -1.46. The average Bonchev–Trinajstić information content (AvgIpc) is 1.86. The molecule has 0 heterocycles. The third kappa shape index (κ3) is 5.30. The first-order valence-electron chi connectivity index (χ1n) is 3.78. The van der Waals surface area contributed by atoms with E-state index in [2.05, 4.69) is 21.3 Å². The zero-order chi connectivity index (χ0) is 7.98. The standard InChI is InChI=1S/C5H10NO.2CH3.In/c1-3-5(7)4-6-2;;;/h4-5H,3H2,1-2H3;2*1H3;/q-1;;;+1. The molecule has 0 fully saturated rings. The van der Waals surface area contributed by atoms with Gasteiger partial charge >= 0.3 is 71.8 Å². The van der Waals surface area contributed by atoms with E-state index in [1.54, 1.807) is 7.05 Å². The van der Waals surface area contributed by atoms with Crippen LogP contribution in [0.4, 0.5) is 0 Å². The second kappa shape index (κ2) is 6.23. The van der Waals surface area contributed by atoms with Gasteiger partial charge in [-0.05, 0) is 0 Å². The molecule has 0 N–H and O–H groups in total. The first kappa shape index (κ1) is 10.5. The second-order valence-electron chi connectivity index (χ2n) is 2.54. The Labute approximate surface area is 71.8 Å². The van der Waals surface area contributed by atoms with Crippen LogP contribution in [-0.4, -0.2) is 41.2 Å². The molecule has 0 aromatic rings. The van der Waals surface area contributed by atoms with Gasteiger partial charge in [-0.25, -0.2) is 0 Å². The zero-order valence-electron chi connectivity index (χ0n) is 7.29. The zero-order valence-corrected chi connectivity index (χ0v) is 10.6. The first-order chi connectivity index (χ1) is 4.70. The molecule has 0 aliphatic carbocycles. The number of hydrogen-bond donors (Lipinski definition) is 0. The van der Waals surface area contributed by atoms with E-state index in [1.807, 2.05) is 6.21 Å². The van der Waals surface area contributed by atoms with Crippen LogP contribution in [0, 0.1) is 0 Å². The van der Waals surface area contributed by atoms with Crippen LogP contribution < -0.4 is 0 Å². The van der Waals surface area contributed by atoms with Crippen molar-refractivity contribution >= 4 is 28.1 Å². The summed E-state index contributed by atoms with van der Waals surface area (Å²) in [5.41, 5.74) is 0. The molecule has 0 aromatic carbocycles. The van der Waals surface area contributed by atoms with Gasteiger partial charge in [0.25, 0.3) is 0 Å². The normalized spacial score (nSPS) is 14.0. The topological polar surface area (TPSA) is 21.6 Å². The molecule has 0 aromatic heterocycles. The molecule has 0 rings (SSSR count). The van der Waals surface area contributed by atoms with Gasteiger partial charge in [0.05, 0.1) is 0 Å². The molecule has 0 radical (unpaired) electrons. The summed E-state index contributed by atoms with van der Waals surface area (Å²) in [6, 6.07) is 0. The van der Waals surface area contributed by atoms with E-state index in [-0.39, 0.29) is 0 Å². The van der Waals surface area contributed by atoms with Gasteiger partial charge in [-0.3, -0.25) is 0 Å². The van der Waals surface area contributed by atoms with E-state index in [4.69, 9.17) is 2.85 Å². The van der Waals surface area contributed by atoms with Gasteiger partial charge in [-0.1, -0.05) is 0 Å². The van der Waals surface area contributed by atoms with Crippen molar-refractivity contribution in [3.05, 3.63) is 0 Å². The van der Waals surface area contributed by atoms with Crippen LogP contribution in [0.15, 0.2) is 4.99 Å². The monoisotopic (exact) mass is 245 g/mol. The predicted molar refractivity (Wildman–Crippen MR) is 47.1 cm³/mol. The minimum absolute atomic E-state index is 0.292. The van der Waals surface area contributed by atoms with Crippen molar-refractivity contribution in [3.8, 4) is 0 Å². The molecule has 58 valence electrons. The Bertz CT molecular complexity index is 104. The molecule has 0 spiro atoms. The molecule has 1 unspecified atom stereocenters. The third-order valence-electron chi connectivity index (χ3n) is 1.16. The Morgan fingerprint density at radius 3 is 2.50 bits per heavy atom. The molecule has 0 saturated carbocycles. The van der Waals surface area contributed by atoms with E-state index in [1.165, 1.54) is 0 Å². The Morgan fingerprint density at radius 2 is 2.20 bits per heavy atom. The second-order valence-corrected chi connectivity index (χ2v) is 9.30. The Kier molecular flexibility index (Phi) is 6.54. The van der Waals surface area contributed by atoms with Crippen LogP contribution in [0.5, 0.6) is 0 Å². The molecule has 10 heavy (non-hydrogen) atoms. The van der Waals surface area contributed by atoms with E-state index >= 15 is 0 Å². The molecule has 0 aliphatic heterocycles. The van der Waals surface area contributed by atoms with E-state index in [0.29, 0.717) is 6.10 Å². The van der Waals surface area contributed by atoms with Crippen molar-refractivity contribution in [2.75, 3.05) is 7.05 Å². The molecular weight excluding hydrogens is 229 g/mol. The van der Waals surface area contributed by atoms with Gasteiger partial charge in [-0.15, -0.1) is 0 Å². The van der Waals surface area contributed by atoms with Gasteiger partial charge in [0.1, 0.15) is 0 Å². The molecule has 0 aliphatic rings. The van der Waals surface area contributed by atoms with Gasteiger partial charge in [0.2, 0.25) is 0 Å². The van der Waals surface area contributed by atoms with Crippen molar-refractivity contribution in [3.63, 3.8) is 0 Å². The molecule has 2 nitrogen and oxygen atoms in total. The van der Waals surface area contributed by atoms with Crippen LogP contribution in [0.2, 0.25) is 9.36 Å². The Morgan fingerprint density at radius 1 is 1.60 bits per heavy atom. The molecule has 0 saturated heterocycles. The number of aliphatic imine (C=N–C) groups is 1. The maximum atomic E-state index is 5.70. The first-order valence-corrected chi connectivity index (χ1v) is 11.7. The van der Waals surface area contributed by atoms with Crippen LogP contribution >= 0.6 is 0 Å². The SMILES string of the molecule is CCC(C=NC)[O][In]([CH3])[CH3]. The summed E-state index contributed by atoms with van der Waals surface area (Å²) in [4.78, 5) is 3.94. The van der Waals surface area contributed by atoms with Gasteiger partial charge in [0, 0.05) is 0 Å². The molecule has 0 amide bonds. The minimum atomic E-state index is -1.46. The van der Waals surface area contributed by atoms with Crippen molar-refractivity contribution in [1.29, 1.82) is 0 Å². The predicted octanol–water partition coefficient (Wildman–Crippen LogP) is 1.73.